The van der Waals surface area contributed by atoms with E-state index in [0.29, 0.717) is 0 Å². The predicted octanol–water partition coefficient (Wildman–Crippen LogP) is 2.64. The molecule has 1 aliphatic rings. The monoisotopic (exact) mass is 284 g/mol. The zero-order chi connectivity index (χ0) is 14.5. The summed E-state index contributed by atoms with van der Waals surface area (Å²) in [5.74, 6) is 0.836. The smallest absolute Gasteiger partial charge is 0.0924 e. The number of rotatable bonds is 5. The fourth-order valence-corrected chi connectivity index (χ4v) is 3.18. The van der Waals surface area contributed by atoms with Gasteiger partial charge in [0.15, 0.2) is 0 Å². The van der Waals surface area contributed by atoms with E-state index >= 15 is 0 Å². The molecule has 4 nitrogen and oxygen atoms in total. The summed E-state index contributed by atoms with van der Waals surface area (Å²) in [6.45, 7) is 4.26. The Morgan fingerprint density at radius 2 is 2.14 bits per heavy atom. The van der Waals surface area contributed by atoms with Crippen LogP contribution in [0.2, 0.25) is 0 Å². The molecule has 2 aromatic rings. The van der Waals surface area contributed by atoms with Crippen LogP contribution in [0.25, 0.3) is 11.3 Å². The zero-order valence-electron chi connectivity index (χ0n) is 12.5. The Morgan fingerprint density at radius 1 is 1.29 bits per heavy atom. The van der Waals surface area contributed by atoms with Crippen molar-refractivity contribution in [1.29, 1.82) is 0 Å². The molecule has 0 saturated carbocycles. The minimum Gasteiger partial charge on any atom is -0.345 e. The third-order valence-electron chi connectivity index (χ3n) is 4.42. The Labute approximate surface area is 126 Å². The van der Waals surface area contributed by atoms with Crippen molar-refractivity contribution in [1.82, 2.24) is 14.9 Å². The van der Waals surface area contributed by atoms with Gasteiger partial charge in [-0.05, 0) is 62.0 Å². The predicted molar refractivity (Wildman–Crippen MR) is 85.7 cm³/mol. The molecule has 0 amide bonds. The number of nitrogens with one attached hydrogen (secondary N) is 1. The molecule has 1 saturated heterocycles. The molecule has 1 aliphatic heterocycles. The highest BCUT2D eigenvalue weighted by molar-refractivity contribution is 5.58. The largest absolute Gasteiger partial charge is 0.345 e. The minimum absolute atomic E-state index is 0.830. The van der Waals surface area contributed by atoms with Crippen LogP contribution < -0.4 is 5.73 Å². The first-order chi connectivity index (χ1) is 10.3. The van der Waals surface area contributed by atoms with Crippen molar-refractivity contribution in [2.45, 2.75) is 25.8 Å². The summed E-state index contributed by atoms with van der Waals surface area (Å²) in [5, 5.41) is 0. The van der Waals surface area contributed by atoms with E-state index in [1.54, 1.807) is 6.33 Å². The maximum Gasteiger partial charge on any atom is 0.0924 e. The van der Waals surface area contributed by atoms with Gasteiger partial charge in [-0.2, -0.15) is 0 Å². The van der Waals surface area contributed by atoms with Gasteiger partial charge in [0.1, 0.15) is 0 Å². The van der Waals surface area contributed by atoms with Crippen LogP contribution in [0.5, 0.6) is 0 Å². The third kappa shape index (κ3) is 3.71. The summed E-state index contributed by atoms with van der Waals surface area (Å²) in [6.07, 6.45) is 7.36. The van der Waals surface area contributed by atoms with Crippen molar-refractivity contribution in [3.8, 4) is 11.3 Å². The normalized spacial score (nSPS) is 17.2. The van der Waals surface area contributed by atoms with Gasteiger partial charge >= 0.3 is 0 Å². The summed E-state index contributed by atoms with van der Waals surface area (Å²) in [5.41, 5.74) is 9.33. The van der Waals surface area contributed by atoms with E-state index in [1.807, 2.05) is 6.20 Å². The Morgan fingerprint density at radius 3 is 2.86 bits per heavy atom. The van der Waals surface area contributed by atoms with E-state index in [1.165, 1.54) is 43.5 Å². The molecule has 1 fully saturated rings. The summed E-state index contributed by atoms with van der Waals surface area (Å²) in [4.78, 5) is 9.82. The molecule has 0 bridgehead atoms. The van der Waals surface area contributed by atoms with Crippen molar-refractivity contribution in [2.24, 2.45) is 11.7 Å². The van der Waals surface area contributed by atoms with Gasteiger partial charge < -0.3 is 10.7 Å². The van der Waals surface area contributed by atoms with E-state index < -0.39 is 0 Å². The topological polar surface area (TPSA) is 57.9 Å². The lowest BCUT2D eigenvalue weighted by Crippen LogP contribution is -2.33. The van der Waals surface area contributed by atoms with Gasteiger partial charge in [-0.1, -0.05) is 18.2 Å². The number of likely N-dealkylation sites (tertiary alicyclic amines) is 1. The van der Waals surface area contributed by atoms with Gasteiger partial charge in [0.25, 0.3) is 0 Å². The molecule has 3 rings (SSSR count). The van der Waals surface area contributed by atoms with Crippen LogP contribution in [-0.2, 0) is 6.54 Å². The Kier molecular flexibility index (Phi) is 4.68. The molecule has 112 valence electrons. The van der Waals surface area contributed by atoms with Crippen LogP contribution in [0.3, 0.4) is 0 Å². The van der Waals surface area contributed by atoms with Crippen molar-refractivity contribution in [2.75, 3.05) is 19.6 Å². The van der Waals surface area contributed by atoms with E-state index in [-0.39, 0.29) is 0 Å². The second-order valence-corrected chi connectivity index (χ2v) is 5.96. The average Bonchev–Trinajstić information content (AvgIpc) is 3.04. The molecular formula is C17H24N4. The number of aromatic nitrogens is 2. The van der Waals surface area contributed by atoms with Crippen LogP contribution in [0.15, 0.2) is 36.8 Å². The van der Waals surface area contributed by atoms with E-state index in [4.69, 9.17) is 5.73 Å². The van der Waals surface area contributed by atoms with Crippen LogP contribution in [0, 0.1) is 5.92 Å². The lowest BCUT2D eigenvalue weighted by molar-refractivity contribution is 0.173. The van der Waals surface area contributed by atoms with Crippen LogP contribution in [0.4, 0.5) is 0 Å². The molecule has 0 spiro atoms. The van der Waals surface area contributed by atoms with Crippen LogP contribution >= 0.6 is 0 Å². The molecule has 1 aromatic carbocycles. The number of nitrogens with zero attached hydrogens (tertiary/aromatic N) is 2. The van der Waals surface area contributed by atoms with E-state index in [9.17, 15) is 0 Å². The van der Waals surface area contributed by atoms with Gasteiger partial charge in [0, 0.05) is 6.54 Å². The molecule has 0 atom stereocenters. The standard InChI is InChI=1S/C17H24N4/c18-7-4-14-5-8-21(9-6-14)12-15-2-1-3-16(10-15)17-11-19-13-20-17/h1-3,10-11,13-14H,4-9,12,18H2,(H,19,20). The molecule has 3 N–H and O–H groups in total. The highest BCUT2D eigenvalue weighted by Gasteiger charge is 2.18. The highest BCUT2D eigenvalue weighted by atomic mass is 15.1. The number of piperidine rings is 1. The summed E-state index contributed by atoms with van der Waals surface area (Å²) >= 11 is 0. The number of nitrogens with two attached hydrogens (primary N) is 1. The Balaban J connectivity index is 1.60. The van der Waals surface area contributed by atoms with Crippen molar-refractivity contribution in [3.05, 3.63) is 42.4 Å². The van der Waals surface area contributed by atoms with Crippen molar-refractivity contribution in [3.63, 3.8) is 0 Å². The molecule has 0 aliphatic carbocycles. The first-order valence-electron chi connectivity index (χ1n) is 7.85. The Bertz CT molecular complexity index is 542. The molecule has 2 heterocycles. The van der Waals surface area contributed by atoms with E-state index in [0.717, 1.165) is 24.7 Å². The zero-order valence-corrected chi connectivity index (χ0v) is 12.5. The number of imidazole rings is 1. The maximum atomic E-state index is 5.66. The molecular weight excluding hydrogens is 260 g/mol. The molecule has 0 radical (unpaired) electrons. The summed E-state index contributed by atoms with van der Waals surface area (Å²) < 4.78 is 0. The quantitative estimate of drug-likeness (QED) is 0.887. The van der Waals surface area contributed by atoms with Gasteiger partial charge in [-0.25, -0.2) is 4.98 Å². The first kappa shape index (κ1) is 14.3. The fraction of sp³-hybridized carbons (Fsp3) is 0.471. The van der Waals surface area contributed by atoms with Gasteiger partial charge in [-0.15, -0.1) is 0 Å². The van der Waals surface area contributed by atoms with Crippen molar-refractivity contribution < 1.29 is 0 Å². The Hall–Kier alpha value is -1.65. The SMILES string of the molecule is NCCC1CCN(Cc2cccc(-c3cnc[nH]3)c2)CC1. The first-order valence-corrected chi connectivity index (χ1v) is 7.85. The molecule has 1 aromatic heterocycles. The lowest BCUT2D eigenvalue weighted by Gasteiger charge is -2.31. The second kappa shape index (κ2) is 6.87. The number of benzene rings is 1. The average molecular weight is 284 g/mol. The molecule has 0 unspecified atom stereocenters. The van der Waals surface area contributed by atoms with E-state index in [2.05, 4.69) is 39.1 Å². The molecule has 21 heavy (non-hydrogen) atoms. The van der Waals surface area contributed by atoms with Crippen molar-refractivity contribution >= 4 is 0 Å². The van der Waals surface area contributed by atoms with Gasteiger partial charge in [-0.3, -0.25) is 4.90 Å². The number of H-pyrrole nitrogens is 1. The van der Waals surface area contributed by atoms with Crippen LogP contribution in [-0.4, -0.2) is 34.5 Å². The number of hydrogen-bond donors (Lipinski definition) is 2. The van der Waals surface area contributed by atoms with Gasteiger partial charge in [0.2, 0.25) is 0 Å². The number of hydrogen-bond acceptors (Lipinski definition) is 3. The molecule has 4 heteroatoms. The summed E-state index contributed by atoms with van der Waals surface area (Å²) in [7, 11) is 0. The third-order valence-corrected chi connectivity index (χ3v) is 4.42. The van der Waals surface area contributed by atoms with Crippen LogP contribution in [0.1, 0.15) is 24.8 Å². The van der Waals surface area contributed by atoms with Gasteiger partial charge in [0.05, 0.1) is 18.2 Å². The minimum atomic E-state index is 0.830. The summed E-state index contributed by atoms with van der Waals surface area (Å²) in [6, 6.07) is 8.74. The number of aromatic amines is 1. The highest BCUT2D eigenvalue weighted by Crippen LogP contribution is 2.23. The maximum absolute atomic E-state index is 5.66. The fourth-order valence-electron chi connectivity index (χ4n) is 3.18. The lowest BCUT2D eigenvalue weighted by atomic mass is 9.93. The second-order valence-electron chi connectivity index (χ2n) is 5.96.